The highest BCUT2D eigenvalue weighted by Crippen LogP contribution is 2.12. The molecule has 1 amide bonds. The van der Waals surface area contributed by atoms with Gasteiger partial charge in [0.05, 0.1) is 0 Å². The van der Waals surface area contributed by atoms with Crippen LogP contribution in [0.5, 0.6) is 0 Å². The molecule has 0 unspecified atom stereocenters. The highest BCUT2D eigenvalue weighted by Gasteiger charge is 2.19. The van der Waals surface area contributed by atoms with Crippen LogP contribution in [0.25, 0.3) is 11.0 Å². The van der Waals surface area contributed by atoms with Crippen LogP contribution < -0.4 is 15.8 Å². The van der Waals surface area contributed by atoms with Crippen molar-refractivity contribution in [1.29, 1.82) is 0 Å². The SMILES string of the molecule is O=C(NCCN1CCN(c2ncccn2)CC1)c1cc2ccccc2oc1=O. The van der Waals surface area contributed by atoms with Gasteiger partial charge in [-0.2, -0.15) is 0 Å². The quantitative estimate of drug-likeness (QED) is 0.665. The van der Waals surface area contributed by atoms with Gasteiger partial charge in [-0.15, -0.1) is 0 Å². The van der Waals surface area contributed by atoms with Gasteiger partial charge in [-0.3, -0.25) is 9.69 Å². The van der Waals surface area contributed by atoms with Crippen molar-refractivity contribution in [2.75, 3.05) is 44.2 Å². The van der Waals surface area contributed by atoms with Gasteiger partial charge in [-0.25, -0.2) is 14.8 Å². The zero-order valence-corrected chi connectivity index (χ0v) is 15.4. The van der Waals surface area contributed by atoms with Crippen LogP contribution in [0, 0.1) is 0 Å². The number of piperazine rings is 1. The normalized spacial score (nSPS) is 14.9. The molecule has 1 aliphatic heterocycles. The van der Waals surface area contributed by atoms with Crippen molar-refractivity contribution in [3.63, 3.8) is 0 Å². The number of anilines is 1. The van der Waals surface area contributed by atoms with Gasteiger partial charge in [-0.1, -0.05) is 18.2 Å². The molecule has 1 fully saturated rings. The average Bonchev–Trinajstić information content (AvgIpc) is 2.74. The molecule has 1 N–H and O–H groups in total. The van der Waals surface area contributed by atoms with Crippen molar-refractivity contribution >= 4 is 22.8 Å². The number of rotatable bonds is 5. The fraction of sp³-hybridized carbons (Fsp3) is 0.300. The summed E-state index contributed by atoms with van der Waals surface area (Å²) in [5.41, 5.74) is -0.110. The van der Waals surface area contributed by atoms with Gasteiger partial charge in [0.15, 0.2) is 0 Å². The molecule has 0 spiro atoms. The molecule has 144 valence electrons. The molecule has 2 aromatic heterocycles. The molecule has 8 nitrogen and oxygen atoms in total. The topological polar surface area (TPSA) is 91.6 Å². The fourth-order valence-corrected chi connectivity index (χ4v) is 3.27. The van der Waals surface area contributed by atoms with E-state index in [1.165, 1.54) is 0 Å². The first kappa shape index (κ1) is 18.1. The lowest BCUT2D eigenvalue weighted by Crippen LogP contribution is -2.49. The van der Waals surface area contributed by atoms with E-state index in [1.807, 2.05) is 12.1 Å². The number of carbonyl (C=O) groups excluding carboxylic acids is 1. The Kier molecular flexibility index (Phi) is 5.29. The summed E-state index contributed by atoms with van der Waals surface area (Å²) in [6, 6.07) is 10.5. The predicted molar refractivity (Wildman–Crippen MR) is 106 cm³/mol. The molecule has 3 heterocycles. The molecule has 1 aliphatic rings. The molecule has 0 radical (unpaired) electrons. The van der Waals surface area contributed by atoms with Crippen LogP contribution in [0.2, 0.25) is 0 Å². The molecule has 0 atom stereocenters. The van der Waals surface area contributed by atoms with Crippen molar-refractivity contribution < 1.29 is 9.21 Å². The van der Waals surface area contributed by atoms with Gasteiger partial charge in [0.1, 0.15) is 11.1 Å². The van der Waals surface area contributed by atoms with Crippen molar-refractivity contribution in [3.05, 3.63) is 64.8 Å². The number of nitrogens with one attached hydrogen (secondary N) is 1. The summed E-state index contributed by atoms with van der Waals surface area (Å²) >= 11 is 0. The average molecular weight is 379 g/mol. The fourth-order valence-electron chi connectivity index (χ4n) is 3.27. The van der Waals surface area contributed by atoms with Gasteiger partial charge in [-0.05, 0) is 18.2 Å². The van der Waals surface area contributed by atoms with Crippen molar-refractivity contribution in [1.82, 2.24) is 20.2 Å². The first-order valence-corrected chi connectivity index (χ1v) is 9.26. The summed E-state index contributed by atoms with van der Waals surface area (Å²) < 4.78 is 5.22. The monoisotopic (exact) mass is 379 g/mol. The van der Waals surface area contributed by atoms with Gasteiger partial charge < -0.3 is 14.6 Å². The second-order valence-electron chi connectivity index (χ2n) is 6.62. The van der Waals surface area contributed by atoms with Gasteiger partial charge in [0.2, 0.25) is 5.95 Å². The van der Waals surface area contributed by atoms with Crippen LogP contribution in [-0.4, -0.2) is 60.0 Å². The summed E-state index contributed by atoms with van der Waals surface area (Å²) in [6.07, 6.45) is 3.49. The molecule has 4 rings (SSSR count). The van der Waals surface area contributed by atoms with E-state index in [1.54, 1.807) is 36.7 Å². The highest BCUT2D eigenvalue weighted by molar-refractivity contribution is 5.96. The Morgan fingerprint density at radius 1 is 1.07 bits per heavy atom. The predicted octanol–water partition coefficient (Wildman–Crippen LogP) is 1.13. The zero-order valence-electron chi connectivity index (χ0n) is 15.4. The van der Waals surface area contributed by atoms with Crippen LogP contribution in [-0.2, 0) is 0 Å². The number of para-hydroxylation sites is 1. The van der Waals surface area contributed by atoms with Gasteiger partial charge in [0.25, 0.3) is 5.91 Å². The molecule has 1 aromatic carbocycles. The third kappa shape index (κ3) is 4.01. The van der Waals surface area contributed by atoms with E-state index in [4.69, 9.17) is 4.42 Å². The first-order chi connectivity index (χ1) is 13.7. The second kappa shape index (κ2) is 8.18. The maximum atomic E-state index is 12.4. The Morgan fingerprint density at radius 3 is 2.61 bits per heavy atom. The van der Waals surface area contributed by atoms with Crippen LogP contribution in [0.15, 0.2) is 58.0 Å². The van der Waals surface area contributed by atoms with E-state index in [0.29, 0.717) is 18.7 Å². The number of fused-ring (bicyclic) bond motifs is 1. The Morgan fingerprint density at radius 2 is 1.82 bits per heavy atom. The third-order valence-corrected chi connectivity index (χ3v) is 4.81. The van der Waals surface area contributed by atoms with Crippen molar-refractivity contribution in [2.45, 2.75) is 0 Å². The summed E-state index contributed by atoms with van der Waals surface area (Å²) in [4.78, 5) is 37.4. The standard InChI is InChI=1S/C20H21N5O3/c26-18(16-14-15-4-1-2-5-17(15)28-19(16)27)21-8-9-24-10-12-25(13-11-24)20-22-6-3-7-23-20/h1-7,14H,8-13H2,(H,21,26). The van der Waals surface area contributed by atoms with Crippen molar-refractivity contribution in [3.8, 4) is 0 Å². The van der Waals surface area contributed by atoms with Crippen LogP contribution in [0.4, 0.5) is 5.95 Å². The van der Waals surface area contributed by atoms with E-state index in [0.717, 1.165) is 37.5 Å². The maximum absolute atomic E-state index is 12.4. The minimum atomic E-state index is -0.618. The Bertz CT molecular complexity index is 1010. The molecule has 0 bridgehead atoms. The number of hydrogen-bond donors (Lipinski definition) is 1. The number of hydrogen-bond acceptors (Lipinski definition) is 7. The van der Waals surface area contributed by atoms with Crippen LogP contribution in [0.3, 0.4) is 0 Å². The summed E-state index contributed by atoms with van der Waals surface area (Å²) in [7, 11) is 0. The van der Waals surface area contributed by atoms with Crippen molar-refractivity contribution in [2.24, 2.45) is 0 Å². The summed E-state index contributed by atoms with van der Waals surface area (Å²) in [5.74, 6) is 0.342. The molecule has 3 aromatic rings. The zero-order chi connectivity index (χ0) is 19.3. The number of aromatic nitrogens is 2. The molecule has 0 saturated carbocycles. The smallest absolute Gasteiger partial charge is 0.349 e. The first-order valence-electron chi connectivity index (χ1n) is 9.26. The Hall–Kier alpha value is -3.26. The summed E-state index contributed by atoms with van der Waals surface area (Å²) in [6.45, 7) is 4.60. The number of carbonyl (C=O) groups is 1. The van der Waals surface area contributed by atoms with E-state index in [-0.39, 0.29) is 5.56 Å². The molecule has 0 aliphatic carbocycles. The number of nitrogens with zero attached hydrogens (tertiary/aromatic N) is 4. The highest BCUT2D eigenvalue weighted by atomic mass is 16.4. The molecular weight excluding hydrogens is 358 g/mol. The number of amides is 1. The Labute approximate surface area is 161 Å². The second-order valence-corrected chi connectivity index (χ2v) is 6.62. The van der Waals surface area contributed by atoms with E-state index < -0.39 is 11.5 Å². The maximum Gasteiger partial charge on any atom is 0.349 e. The van der Waals surface area contributed by atoms with Gasteiger partial charge >= 0.3 is 5.63 Å². The van der Waals surface area contributed by atoms with Crippen LogP contribution in [0.1, 0.15) is 10.4 Å². The lowest BCUT2D eigenvalue weighted by atomic mass is 10.2. The molecule has 28 heavy (non-hydrogen) atoms. The van der Waals surface area contributed by atoms with E-state index in [9.17, 15) is 9.59 Å². The largest absolute Gasteiger partial charge is 0.422 e. The van der Waals surface area contributed by atoms with E-state index in [2.05, 4.69) is 25.1 Å². The van der Waals surface area contributed by atoms with E-state index >= 15 is 0 Å². The molecular formula is C20H21N5O3. The lowest BCUT2D eigenvalue weighted by molar-refractivity contribution is 0.0944. The van der Waals surface area contributed by atoms with Gasteiger partial charge in [0, 0.05) is 57.0 Å². The minimum Gasteiger partial charge on any atom is -0.422 e. The minimum absolute atomic E-state index is 0.0322. The molecule has 1 saturated heterocycles. The molecule has 8 heteroatoms. The third-order valence-electron chi connectivity index (χ3n) is 4.81. The lowest BCUT2D eigenvalue weighted by Gasteiger charge is -2.34. The van der Waals surface area contributed by atoms with Crippen LogP contribution >= 0.6 is 0 Å². The number of benzene rings is 1. The Balaban J connectivity index is 1.28. The summed E-state index contributed by atoms with van der Waals surface area (Å²) in [5, 5.41) is 3.54.